The van der Waals surface area contributed by atoms with Crippen molar-refractivity contribution in [1.29, 1.82) is 0 Å². The van der Waals surface area contributed by atoms with Gasteiger partial charge in [0.1, 0.15) is 5.82 Å². The maximum absolute atomic E-state index is 13.6. The fourth-order valence-corrected chi connectivity index (χ4v) is 5.14. The summed E-state index contributed by atoms with van der Waals surface area (Å²) in [6.07, 6.45) is 6.44. The average molecular weight is 450 g/mol. The first-order valence-corrected chi connectivity index (χ1v) is 12.0. The van der Waals surface area contributed by atoms with Crippen molar-refractivity contribution in [2.24, 2.45) is 0 Å². The number of aromatic amines is 1. The number of aryl methyl sites for hydroxylation is 1. The summed E-state index contributed by atoms with van der Waals surface area (Å²) in [5, 5.41) is 16.3. The van der Waals surface area contributed by atoms with Gasteiger partial charge in [0.25, 0.3) is 5.91 Å². The average Bonchev–Trinajstić information content (AvgIpc) is 3.75. The third-order valence-corrected chi connectivity index (χ3v) is 7.16. The Morgan fingerprint density at radius 3 is 2.59 bits per heavy atom. The van der Waals surface area contributed by atoms with Crippen LogP contribution in [0.3, 0.4) is 0 Å². The number of piperidine rings is 1. The Bertz CT molecular complexity index is 1220. The second-order valence-electron chi connectivity index (χ2n) is 9.42. The normalized spacial score (nSPS) is 21.2. The number of nitrogens with one attached hydrogen (secondary N) is 1. The maximum atomic E-state index is 13.6. The summed E-state index contributed by atoms with van der Waals surface area (Å²) in [5.74, 6) is 1.54. The van der Waals surface area contributed by atoms with Gasteiger partial charge in [0.15, 0.2) is 10.5 Å². The molecule has 8 nitrogen and oxygen atoms in total. The van der Waals surface area contributed by atoms with Gasteiger partial charge in [-0.05, 0) is 69.8 Å². The second kappa shape index (κ2) is 7.65. The highest BCUT2D eigenvalue weighted by Gasteiger charge is 2.38. The van der Waals surface area contributed by atoms with Gasteiger partial charge >= 0.3 is 0 Å². The summed E-state index contributed by atoms with van der Waals surface area (Å²) in [7, 11) is 0. The van der Waals surface area contributed by atoms with Gasteiger partial charge in [-0.3, -0.25) is 9.89 Å². The molecule has 2 saturated carbocycles. The molecule has 1 unspecified atom stereocenters. The van der Waals surface area contributed by atoms with E-state index in [1.165, 1.54) is 5.56 Å². The second-order valence-corrected chi connectivity index (χ2v) is 9.81. The Morgan fingerprint density at radius 1 is 1.09 bits per heavy atom. The zero-order valence-electron chi connectivity index (χ0n) is 18.2. The molecule has 3 fully saturated rings. The fraction of sp³-hybridized carbons (Fsp3) is 0.522. The third-order valence-electron chi connectivity index (χ3n) is 6.87. The lowest BCUT2D eigenvalue weighted by Gasteiger charge is -2.32. The molecule has 2 aliphatic carbocycles. The number of hydrogen-bond acceptors (Lipinski definition) is 5. The molecule has 3 aromatic rings. The standard InChI is InChI=1S/C23H27N7OS/c1-14-4-8-18(9-5-14)30-20(15-6-7-15)19(24-27-30)22(31)28-12-2-3-16(13-28)21-25-26-23(32)29(21)17-10-11-17/h4-5,8-9,15-17H,2-3,6-7,10-13H2,1H3,(H,26,32). The number of carbonyl (C=O) groups excluding carboxylic acids is 1. The van der Waals surface area contributed by atoms with Gasteiger partial charge in [0, 0.05) is 31.0 Å². The van der Waals surface area contributed by atoms with E-state index in [0.717, 1.165) is 62.3 Å². The summed E-state index contributed by atoms with van der Waals surface area (Å²) in [6, 6.07) is 8.69. The third kappa shape index (κ3) is 3.48. The molecule has 3 heterocycles. The minimum atomic E-state index is -0.0120. The number of hydrogen-bond donors (Lipinski definition) is 1. The minimum absolute atomic E-state index is 0.0120. The molecule has 2 aromatic heterocycles. The molecule has 1 aromatic carbocycles. The van der Waals surface area contributed by atoms with Gasteiger partial charge in [-0.15, -0.1) is 5.10 Å². The van der Waals surface area contributed by atoms with Crippen LogP contribution in [-0.4, -0.2) is 53.7 Å². The number of benzene rings is 1. The van der Waals surface area contributed by atoms with Crippen LogP contribution in [0.25, 0.3) is 5.69 Å². The lowest BCUT2D eigenvalue weighted by Crippen LogP contribution is -2.40. The predicted octanol–water partition coefficient (Wildman–Crippen LogP) is 4.06. The van der Waals surface area contributed by atoms with Crippen LogP contribution in [0.15, 0.2) is 24.3 Å². The van der Waals surface area contributed by atoms with E-state index < -0.39 is 0 Å². The van der Waals surface area contributed by atoms with Crippen LogP contribution in [-0.2, 0) is 0 Å². The SMILES string of the molecule is Cc1ccc(-n2nnc(C(=O)N3CCCC(c4n[nH]c(=S)n4C4CC4)C3)c2C2CC2)cc1. The summed E-state index contributed by atoms with van der Waals surface area (Å²) < 4.78 is 4.74. The van der Waals surface area contributed by atoms with E-state index in [0.29, 0.717) is 29.0 Å². The lowest BCUT2D eigenvalue weighted by molar-refractivity contribution is 0.0696. The van der Waals surface area contributed by atoms with Gasteiger partial charge in [0.05, 0.1) is 11.4 Å². The monoisotopic (exact) mass is 449 g/mol. The van der Waals surface area contributed by atoms with Gasteiger partial charge in [-0.2, -0.15) is 5.10 Å². The van der Waals surface area contributed by atoms with Crippen LogP contribution >= 0.6 is 12.2 Å². The molecule has 0 radical (unpaired) electrons. The number of H-pyrrole nitrogens is 1. The Morgan fingerprint density at radius 2 is 1.88 bits per heavy atom. The van der Waals surface area contributed by atoms with Crippen molar-refractivity contribution >= 4 is 18.1 Å². The van der Waals surface area contributed by atoms with Crippen molar-refractivity contribution in [3.8, 4) is 5.69 Å². The first-order valence-electron chi connectivity index (χ1n) is 11.6. The Balaban J connectivity index is 1.29. The largest absolute Gasteiger partial charge is 0.336 e. The van der Waals surface area contributed by atoms with Crippen molar-refractivity contribution < 1.29 is 4.79 Å². The quantitative estimate of drug-likeness (QED) is 0.594. The van der Waals surface area contributed by atoms with Crippen molar-refractivity contribution in [3.05, 3.63) is 51.8 Å². The molecule has 1 atom stereocenters. The van der Waals surface area contributed by atoms with Crippen LogP contribution in [0.5, 0.6) is 0 Å². The minimum Gasteiger partial charge on any atom is -0.336 e. The zero-order chi connectivity index (χ0) is 21.8. The highest BCUT2D eigenvalue weighted by molar-refractivity contribution is 7.71. The molecule has 3 aliphatic rings. The van der Waals surface area contributed by atoms with Gasteiger partial charge in [-0.1, -0.05) is 22.9 Å². The highest BCUT2D eigenvalue weighted by atomic mass is 32.1. The summed E-state index contributed by atoms with van der Waals surface area (Å²) in [6.45, 7) is 3.45. The molecule has 9 heteroatoms. The van der Waals surface area contributed by atoms with Crippen molar-refractivity contribution in [2.75, 3.05) is 13.1 Å². The Hall–Kier alpha value is -2.81. The summed E-state index contributed by atoms with van der Waals surface area (Å²) in [4.78, 5) is 15.6. The molecule has 1 amide bonds. The van der Waals surface area contributed by atoms with Crippen LogP contribution < -0.4 is 0 Å². The topological polar surface area (TPSA) is 84.6 Å². The first kappa shape index (κ1) is 19.8. The summed E-state index contributed by atoms with van der Waals surface area (Å²) in [5.41, 5.74) is 3.62. The van der Waals surface area contributed by atoms with Gasteiger partial charge in [0.2, 0.25) is 0 Å². The first-order chi connectivity index (χ1) is 15.6. The van der Waals surface area contributed by atoms with E-state index in [4.69, 9.17) is 12.2 Å². The predicted molar refractivity (Wildman–Crippen MR) is 122 cm³/mol. The van der Waals surface area contributed by atoms with Crippen LogP contribution in [0, 0.1) is 11.7 Å². The lowest BCUT2D eigenvalue weighted by atomic mass is 9.96. The maximum Gasteiger partial charge on any atom is 0.276 e. The van der Waals surface area contributed by atoms with E-state index in [2.05, 4.69) is 44.1 Å². The summed E-state index contributed by atoms with van der Waals surface area (Å²) >= 11 is 5.47. The highest BCUT2D eigenvalue weighted by Crippen LogP contribution is 2.43. The number of likely N-dealkylation sites (tertiary alicyclic amines) is 1. The fourth-order valence-electron chi connectivity index (χ4n) is 4.85. The van der Waals surface area contributed by atoms with Crippen LogP contribution in [0.2, 0.25) is 0 Å². The molecule has 32 heavy (non-hydrogen) atoms. The molecule has 1 aliphatic heterocycles. The van der Waals surface area contributed by atoms with E-state index in [1.807, 2.05) is 21.7 Å². The zero-order valence-corrected chi connectivity index (χ0v) is 19.0. The molecule has 0 bridgehead atoms. The van der Waals surface area contributed by atoms with Gasteiger partial charge < -0.3 is 9.47 Å². The Labute approximate surface area is 191 Å². The number of carbonyl (C=O) groups is 1. The van der Waals surface area contributed by atoms with Crippen molar-refractivity contribution in [2.45, 2.75) is 63.3 Å². The van der Waals surface area contributed by atoms with E-state index in [-0.39, 0.29) is 11.8 Å². The van der Waals surface area contributed by atoms with E-state index >= 15 is 0 Å². The number of nitrogens with zero attached hydrogens (tertiary/aromatic N) is 6. The Kier molecular flexibility index (Phi) is 4.74. The van der Waals surface area contributed by atoms with E-state index in [1.54, 1.807) is 0 Å². The van der Waals surface area contributed by atoms with Gasteiger partial charge in [-0.25, -0.2) is 4.68 Å². The smallest absolute Gasteiger partial charge is 0.276 e. The van der Waals surface area contributed by atoms with E-state index in [9.17, 15) is 4.79 Å². The van der Waals surface area contributed by atoms with Crippen LogP contribution in [0.1, 0.15) is 84.0 Å². The molecular weight excluding hydrogens is 422 g/mol. The van der Waals surface area contributed by atoms with Crippen molar-refractivity contribution in [1.82, 2.24) is 34.7 Å². The molecule has 1 N–H and O–H groups in total. The van der Waals surface area contributed by atoms with Crippen LogP contribution in [0.4, 0.5) is 0 Å². The molecular formula is C23H27N7OS. The number of amides is 1. The van der Waals surface area contributed by atoms with Crippen molar-refractivity contribution in [3.63, 3.8) is 0 Å². The number of aromatic nitrogens is 6. The number of rotatable bonds is 5. The molecule has 6 rings (SSSR count). The molecule has 0 spiro atoms. The molecule has 166 valence electrons. The molecule has 1 saturated heterocycles.